The molecule has 2 amide bonds. The molecule has 7 nitrogen and oxygen atoms in total. The van der Waals surface area contributed by atoms with Crippen molar-refractivity contribution in [1.82, 2.24) is 5.32 Å². The molecule has 34 heavy (non-hydrogen) atoms. The van der Waals surface area contributed by atoms with Crippen LogP contribution in [-0.2, 0) is 19.6 Å². The number of nitrogens with one attached hydrogen (secondary N) is 3. The van der Waals surface area contributed by atoms with E-state index in [9.17, 15) is 18.0 Å². The summed E-state index contributed by atoms with van der Waals surface area (Å²) in [5, 5.41) is 5.65. The molecule has 0 radical (unpaired) electrons. The fourth-order valence-electron chi connectivity index (χ4n) is 6.50. The first kappa shape index (κ1) is 22.9. The summed E-state index contributed by atoms with van der Waals surface area (Å²) in [4.78, 5) is 25.6. The first-order valence-corrected chi connectivity index (χ1v) is 13.5. The summed E-state index contributed by atoms with van der Waals surface area (Å²) in [5.74, 6) is 1.75. The fourth-order valence-corrected chi connectivity index (χ4v) is 7.55. The lowest BCUT2D eigenvalue weighted by Crippen LogP contribution is -2.54. The predicted octanol–water partition coefficient (Wildman–Crippen LogP) is 4.07. The number of rotatable bonds is 7. The number of hydrogen-bond acceptors (Lipinski definition) is 4. The monoisotopic (exact) mass is 481 g/mol. The van der Waals surface area contributed by atoms with Gasteiger partial charge in [-0.05, 0) is 99.6 Å². The second kappa shape index (κ2) is 8.73. The Morgan fingerprint density at radius 2 is 1.38 bits per heavy atom. The zero-order valence-corrected chi connectivity index (χ0v) is 20.2. The number of hydrogen-bond donors (Lipinski definition) is 3. The molecule has 0 heterocycles. The van der Waals surface area contributed by atoms with Gasteiger partial charge >= 0.3 is 0 Å². The van der Waals surface area contributed by atoms with E-state index in [1.165, 1.54) is 19.3 Å². The highest BCUT2D eigenvalue weighted by molar-refractivity contribution is 7.92. The molecule has 0 aromatic heterocycles. The third-order valence-electron chi connectivity index (χ3n) is 7.68. The maximum atomic E-state index is 13.0. The maximum absolute atomic E-state index is 13.0. The van der Waals surface area contributed by atoms with Gasteiger partial charge in [0.15, 0.2) is 0 Å². The van der Waals surface area contributed by atoms with E-state index in [-0.39, 0.29) is 28.7 Å². The van der Waals surface area contributed by atoms with Crippen LogP contribution in [0.5, 0.6) is 0 Å². The molecule has 4 aliphatic carbocycles. The zero-order valence-electron chi connectivity index (χ0n) is 19.3. The van der Waals surface area contributed by atoms with Crippen LogP contribution in [-0.4, -0.2) is 26.8 Å². The molecule has 0 saturated heterocycles. The number of carbonyl (C=O) groups excluding carboxylic acids is 2. The van der Waals surface area contributed by atoms with Crippen molar-refractivity contribution < 1.29 is 18.0 Å². The van der Waals surface area contributed by atoms with Gasteiger partial charge < -0.3 is 10.6 Å². The molecule has 4 bridgehead atoms. The van der Waals surface area contributed by atoms with Gasteiger partial charge in [-0.2, -0.15) is 0 Å². The topological polar surface area (TPSA) is 104 Å². The molecule has 0 atom stereocenters. The highest BCUT2D eigenvalue weighted by atomic mass is 32.2. The van der Waals surface area contributed by atoms with Gasteiger partial charge in [0, 0.05) is 16.8 Å². The second-order valence-electron chi connectivity index (χ2n) is 10.4. The highest BCUT2D eigenvalue weighted by Gasteiger charge is 2.54. The number of anilines is 2. The van der Waals surface area contributed by atoms with Crippen LogP contribution in [0.15, 0.2) is 53.4 Å². The Labute approximate surface area is 200 Å². The highest BCUT2D eigenvalue weighted by Crippen LogP contribution is 2.60. The van der Waals surface area contributed by atoms with Crippen molar-refractivity contribution in [2.24, 2.45) is 23.2 Å². The lowest BCUT2D eigenvalue weighted by atomic mass is 9.49. The molecular formula is C26H31N3O4S. The number of sulfonamides is 1. The number of amides is 2. The van der Waals surface area contributed by atoms with E-state index in [1.807, 2.05) is 6.92 Å². The molecule has 0 aliphatic heterocycles. The first-order chi connectivity index (χ1) is 16.2. The minimum Gasteiger partial charge on any atom is -0.347 e. The van der Waals surface area contributed by atoms with Crippen molar-refractivity contribution in [3.05, 3.63) is 54.1 Å². The Kier molecular flexibility index (Phi) is 5.88. The van der Waals surface area contributed by atoms with Crippen LogP contribution in [0.25, 0.3) is 0 Å². The van der Waals surface area contributed by atoms with Crippen molar-refractivity contribution in [2.75, 3.05) is 16.6 Å². The van der Waals surface area contributed by atoms with Gasteiger partial charge in [-0.1, -0.05) is 17.7 Å². The first-order valence-electron chi connectivity index (χ1n) is 12.0. The van der Waals surface area contributed by atoms with Gasteiger partial charge in [-0.3, -0.25) is 14.3 Å². The summed E-state index contributed by atoms with van der Waals surface area (Å²) in [6.07, 6.45) is 6.70. The third kappa shape index (κ3) is 4.69. The van der Waals surface area contributed by atoms with Crippen LogP contribution in [0.2, 0.25) is 0 Å². The molecule has 3 N–H and O–H groups in total. The lowest BCUT2D eigenvalue weighted by molar-refractivity contribution is -0.146. The zero-order chi connectivity index (χ0) is 23.9. The second-order valence-corrected chi connectivity index (χ2v) is 12.1. The van der Waals surface area contributed by atoms with Crippen LogP contribution in [0.3, 0.4) is 0 Å². The number of carbonyl (C=O) groups is 2. The third-order valence-corrected chi connectivity index (χ3v) is 9.08. The molecule has 4 fully saturated rings. The van der Waals surface area contributed by atoms with E-state index < -0.39 is 10.0 Å². The van der Waals surface area contributed by atoms with Gasteiger partial charge in [0.2, 0.25) is 11.8 Å². The average Bonchev–Trinajstić information content (AvgIpc) is 2.78. The maximum Gasteiger partial charge on any atom is 0.261 e. The Bertz CT molecular complexity index is 1150. The van der Waals surface area contributed by atoms with Crippen molar-refractivity contribution in [1.29, 1.82) is 0 Å². The average molecular weight is 482 g/mol. The Morgan fingerprint density at radius 3 is 1.94 bits per heavy atom. The van der Waals surface area contributed by atoms with E-state index in [0.717, 1.165) is 24.8 Å². The summed E-state index contributed by atoms with van der Waals surface area (Å²) in [7, 11) is -3.69. The fraction of sp³-hybridized carbons (Fsp3) is 0.462. The van der Waals surface area contributed by atoms with Crippen molar-refractivity contribution in [2.45, 2.75) is 50.3 Å². The SMILES string of the molecule is Cc1ccc(S(=O)(=O)Nc2ccc(NC(=O)CNC(=O)C34CC5CC(CC(C5)C3)C4)cc2)cc1. The van der Waals surface area contributed by atoms with E-state index in [0.29, 0.717) is 29.1 Å². The van der Waals surface area contributed by atoms with Crippen molar-refractivity contribution in [3.8, 4) is 0 Å². The molecule has 2 aromatic carbocycles. The summed E-state index contributed by atoms with van der Waals surface area (Å²) in [6, 6.07) is 13.1. The van der Waals surface area contributed by atoms with Gasteiger partial charge in [0.25, 0.3) is 10.0 Å². The van der Waals surface area contributed by atoms with Crippen molar-refractivity contribution >= 4 is 33.2 Å². The molecule has 0 unspecified atom stereocenters. The van der Waals surface area contributed by atoms with Crippen LogP contribution in [0.4, 0.5) is 11.4 Å². The summed E-state index contributed by atoms with van der Waals surface area (Å²) < 4.78 is 27.6. The quantitative estimate of drug-likeness (QED) is 0.555. The molecule has 6 rings (SSSR count). The smallest absolute Gasteiger partial charge is 0.261 e. The van der Waals surface area contributed by atoms with Crippen LogP contribution < -0.4 is 15.4 Å². The Balaban J connectivity index is 1.14. The summed E-state index contributed by atoms with van der Waals surface area (Å²) in [6.45, 7) is 1.83. The van der Waals surface area contributed by atoms with Crippen LogP contribution >= 0.6 is 0 Å². The van der Waals surface area contributed by atoms with Crippen LogP contribution in [0, 0.1) is 30.1 Å². The minimum absolute atomic E-state index is 0.0302. The van der Waals surface area contributed by atoms with Crippen molar-refractivity contribution in [3.63, 3.8) is 0 Å². The Morgan fingerprint density at radius 1 is 0.853 bits per heavy atom. The molecule has 4 aliphatic rings. The van der Waals surface area contributed by atoms with Gasteiger partial charge in [-0.15, -0.1) is 0 Å². The van der Waals surface area contributed by atoms with E-state index >= 15 is 0 Å². The number of aryl methyl sites for hydroxylation is 1. The van der Waals surface area contributed by atoms with Gasteiger partial charge in [0.05, 0.1) is 11.4 Å². The molecule has 180 valence electrons. The molecule has 8 heteroatoms. The Hall–Kier alpha value is -2.87. The van der Waals surface area contributed by atoms with E-state index in [2.05, 4.69) is 15.4 Å². The normalized spacial score (nSPS) is 27.3. The van der Waals surface area contributed by atoms with Gasteiger partial charge in [-0.25, -0.2) is 8.42 Å². The molecule has 4 saturated carbocycles. The van der Waals surface area contributed by atoms with E-state index in [1.54, 1.807) is 48.5 Å². The van der Waals surface area contributed by atoms with Gasteiger partial charge in [0.1, 0.15) is 0 Å². The number of benzene rings is 2. The molecule has 0 spiro atoms. The van der Waals surface area contributed by atoms with Crippen LogP contribution in [0.1, 0.15) is 44.1 Å². The lowest BCUT2D eigenvalue weighted by Gasteiger charge is -2.55. The summed E-state index contributed by atoms with van der Waals surface area (Å²) in [5.41, 5.74) is 1.64. The molecule has 2 aromatic rings. The standard InChI is InChI=1S/C26H31N3O4S/c1-17-2-8-23(9-3-17)34(32,33)29-22-6-4-21(5-7-22)28-24(30)16-27-25(31)26-13-18-10-19(14-26)12-20(11-18)15-26/h2-9,18-20,29H,10-16H2,1H3,(H,27,31)(H,28,30). The van der Waals surface area contributed by atoms with E-state index in [4.69, 9.17) is 0 Å². The minimum atomic E-state index is -3.69. The summed E-state index contributed by atoms with van der Waals surface area (Å²) >= 11 is 0. The molecular weight excluding hydrogens is 450 g/mol. The predicted molar refractivity (Wildman–Crippen MR) is 131 cm³/mol. The largest absolute Gasteiger partial charge is 0.347 e.